The summed E-state index contributed by atoms with van der Waals surface area (Å²) in [5.41, 5.74) is 3.36. The summed E-state index contributed by atoms with van der Waals surface area (Å²) in [6, 6.07) is 6.96. The second-order valence-corrected chi connectivity index (χ2v) is 5.41. The minimum Gasteiger partial charge on any atom is -0.465 e. The fraction of sp³-hybridized carbons (Fsp3) is 0.312. The first-order valence-electron chi connectivity index (χ1n) is 7.35. The van der Waals surface area contributed by atoms with E-state index in [1.807, 2.05) is 0 Å². The van der Waals surface area contributed by atoms with Crippen LogP contribution in [0.1, 0.15) is 28.5 Å². The van der Waals surface area contributed by atoms with Crippen LogP contribution in [0.4, 0.5) is 11.5 Å². The van der Waals surface area contributed by atoms with E-state index in [4.69, 9.17) is 0 Å². The van der Waals surface area contributed by atoms with Gasteiger partial charge in [-0.25, -0.2) is 4.79 Å². The third-order valence-corrected chi connectivity index (χ3v) is 3.95. The van der Waals surface area contributed by atoms with Gasteiger partial charge in [0, 0.05) is 36.8 Å². The minimum absolute atomic E-state index is 0.0604. The molecular weight excluding hydrogens is 296 g/mol. The molecule has 0 bridgehead atoms. The van der Waals surface area contributed by atoms with Crippen molar-refractivity contribution >= 4 is 23.4 Å². The van der Waals surface area contributed by atoms with E-state index in [1.165, 1.54) is 7.11 Å². The second-order valence-electron chi connectivity index (χ2n) is 5.41. The van der Waals surface area contributed by atoms with E-state index in [0.29, 0.717) is 24.5 Å². The Morgan fingerprint density at radius 3 is 2.70 bits per heavy atom. The molecule has 1 aliphatic heterocycles. The second kappa shape index (κ2) is 6.12. The van der Waals surface area contributed by atoms with Crippen LogP contribution in [0.2, 0.25) is 0 Å². The fourth-order valence-electron chi connectivity index (χ4n) is 2.61. The van der Waals surface area contributed by atoms with E-state index in [9.17, 15) is 9.59 Å². The van der Waals surface area contributed by atoms with E-state index in [-0.39, 0.29) is 11.9 Å². The first-order valence-corrected chi connectivity index (χ1v) is 7.35. The Morgan fingerprint density at radius 1 is 1.30 bits per heavy atom. The maximum absolute atomic E-state index is 11.6. The quantitative estimate of drug-likeness (QED) is 0.844. The Balaban J connectivity index is 1.78. The normalized spacial score (nSPS) is 13.4. The zero-order valence-electron chi connectivity index (χ0n) is 13.0. The predicted octanol–water partition coefficient (Wildman–Crippen LogP) is 1.84. The summed E-state index contributed by atoms with van der Waals surface area (Å²) in [4.78, 5) is 24.8. The SMILES string of the molecule is COC(=O)c1ccc(Nc2n[nH]c3c2CN(C(C)=O)CC3)cc1. The number of amides is 1. The highest BCUT2D eigenvalue weighted by atomic mass is 16.5. The Hall–Kier alpha value is -2.83. The number of nitrogens with zero attached hydrogens (tertiary/aromatic N) is 2. The van der Waals surface area contributed by atoms with Gasteiger partial charge in [-0.05, 0) is 24.3 Å². The van der Waals surface area contributed by atoms with Crippen molar-refractivity contribution in [2.75, 3.05) is 19.0 Å². The molecule has 1 aliphatic rings. The number of methoxy groups -OCH3 is 1. The van der Waals surface area contributed by atoms with Gasteiger partial charge in [0.25, 0.3) is 0 Å². The molecule has 0 spiro atoms. The summed E-state index contributed by atoms with van der Waals surface area (Å²) in [6.07, 6.45) is 0.769. The fourth-order valence-corrected chi connectivity index (χ4v) is 2.61. The number of aromatic nitrogens is 2. The molecule has 2 heterocycles. The van der Waals surface area contributed by atoms with Gasteiger partial charge in [0.15, 0.2) is 5.82 Å². The summed E-state index contributed by atoms with van der Waals surface area (Å²) < 4.78 is 4.68. The summed E-state index contributed by atoms with van der Waals surface area (Å²) in [5, 5.41) is 10.5. The molecule has 1 aromatic carbocycles. The molecule has 0 radical (unpaired) electrons. The van der Waals surface area contributed by atoms with E-state index >= 15 is 0 Å². The summed E-state index contributed by atoms with van der Waals surface area (Å²) in [6.45, 7) is 2.82. The number of H-pyrrole nitrogens is 1. The van der Waals surface area contributed by atoms with Crippen molar-refractivity contribution < 1.29 is 14.3 Å². The molecule has 2 N–H and O–H groups in total. The number of rotatable bonds is 3. The first kappa shape index (κ1) is 15.1. The largest absolute Gasteiger partial charge is 0.465 e. The number of hydrogen-bond donors (Lipinski definition) is 2. The third-order valence-electron chi connectivity index (χ3n) is 3.95. The predicted molar refractivity (Wildman–Crippen MR) is 84.4 cm³/mol. The van der Waals surface area contributed by atoms with Gasteiger partial charge in [-0.3, -0.25) is 9.89 Å². The van der Waals surface area contributed by atoms with Crippen LogP contribution in [0.25, 0.3) is 0 Å². The number of carbonyl (C=O) groups excluding carboxylic acids is 2. The Labute approximate surface area is 133 Å². The number of nitrogens with one attached hydrogen (secondary N) is 2. The molecule has 0 saturated carbocycles. The number of esters is 1. The summed E-state index contributed by atoms with van der Waals surface area (Å²) >= 11 is 0. The van der Waals surface area contributed by atoms with Crippen molar-refractivity contribution in [3.8, 4) is 0 Å². The lowest BCUT2D eigenvalue weighted by Crippen LogP contribution is -2.34. The van der Waals surface area contributed by atoms with Gasteiger partial charge >= 0.3 is 5.97 Å². The number of hydrogen-bond acceptors (Lipinski definition) is 5. The molecule has 0 fully saturated rings. The standard InChI is InChI=1S/C16H18N4O3/c1-10(21)20-8-7-14-13(9-20)15(19-18-14)17-12-5-3-11(4-6-12)16(22)23-2/h3-6H,7-9H2,1-2H3,(H2,17,18,19). The zero-order chi connectivity index (χ0) is 16.4. The van der Waals surface area contributed by atoms with Crippen molar-refractivity contribution in [3.05, 3.63) is 41.1 Å². The zero-order valence-corrected chi connectivity index (χ0v) is 13.0. The number of fused-ring (bicyclic) bond motifs is 1. The van der Waals surface area contributed by atoms with Crippen LogP contribution in [0.3, 0.4) is 0 Å². The van der Waals surface area contributed by atoms with Crippen molar-refractivity contribution in [1.82, 2.24) is 15.1 Å². The highest BCUT2D eigenvalue weighted by molar-refractivity contribution is 5.89. The van der Waals surface area contributed by atoms with Crippen LogP contribution in [-0.4, -0.2) is 40.6 Å². The molecule has 120 valence electrons. The van der Waals surface area contributed by atoms with E-state index in [2.05, 4.69) is 20.3 Å². The van der Waals surface area contributed by atoms with Crippen LogP contribution in [0.5, 0.6) is 0 Å². The molecular formula is C16H18N4O3. The summed E-state index contributed by atoms with van der Waals surface area (Å²) in [7, 11) is 1.35. The van der Waals surface area contributed by atoms with Gasteiger partial charge in [0.1, 0.15) is 0 Å². The van der Waals surface area contributed by atoms with E-state index < -0.39 is 0 Å². The van der Waals surface area contributed by atoms with Crippen molar-refractivity contribution in [2.45, 2.75) is 19.9 Å². The maximum atomic E-state index is 11.6. The Morgan fingerprint density at radius 2 is 2.04 bits per heavy atom. The monoisotopic (exact) mass is 314 g/mol. The Kier molecular flexibility index (Phi) is 4.01. The molecule has 7 nitrogen and oxygen atoms in total. The highest BCUT2D eigenvalue weighted by Gasteiger charge is 2.23. The van der Waals surface area contributed by atoms with Gasteiger partial charge in [-0.1, -0.05) is 0 Å². The molecule has 2 aromatic rings. The molecule has 0 saturated heterocycles. The molecule has 0 unspecified atom stereocenters. The summed E-state index contributed by atoms with van der Waals surface area (Å²) in [5.74, 6) is 0.396. The van der Waals surface area contributed by atoms with Crippen LogP contribution in [0.15, 0.2) is 24.3 Å². The van der Waals surface area contributed by atoms with Gasteiger partial charge < -0.3 is 15.0 Å². The molecule has 0 atom stereocenters. The van der Waals surface area contributed by atoms with E-state index in [1.54, 1.807) is 36.1 Å². The molecule has 1 aromatic heterocycles. The number of ether oxygens (including phenoxy) is 1. The van der Waals surface area contributed by atoms with Crippen molar-refractivity contribution in [1.29, 1.82) is 0 Å². The number of aromatic amines is 1. The van der Waals surface area contributed by atoms with E-state index in [0.717, 1.165) is 23.4 Å². The van der Waals surface area contributed by atoms with Gasteiger partial charge in [-0.2, -0.15) is 5.10 Å². The molecule has 23 heavy (non-hydrogen) atoms. The van der Waals surface area contributed by atoms with Crippen LogP contribution in [-0.2, 0) is 22.5 Å². The molecule has 3 rings (SSSR count). The topological polar surface area (TPSA) is 87.3 Å². The lowest BCUT2D eigenvalue weighted by atomic mass is 10.1. The molecule has 7 heteroatoms. The number of benzene rings is 1. The van der Waals surface area contributed by atoms with Crippen LogP contribution >= 0.6 is 0 Å². The lowest BCUT2D eigenvalue weighted by molar-refractivity contribution is -0.129. The van der Waals surface area contributed by atoms with Crippen LogP contribution < -0.4 is 5.32 Å². The molecule has 0 aliphatic carbocycles. The number of anilines is 2. The third kappa shape index (κ3) is 3.03. The van der Waals surface area contributed by atoms with Crippen LogP contribution in [0, 0.1) is 0 Å². The average Bonchev–Trinajstić information content (AvgIpc) is 2.97. The highest BCUT2D eigenvalue weighted by Crippen LogP contribution is 2.26. The number of carbonyl (C=O) groups is 2. The lowest BCUT2D eigenvalue weighted by Gasteiger charge is -2.25. The molecule has 1 amide bonds. The minimum atomic E-state index is -0.370. The van der Waals surface area contributed by atoms with Crippen molar-refractivity contribution in [2.24, 2.45) is 0 Å². The van der Waals surface area contributed by atoms with Crippen molar-refractivity contribution in [3.63, 3.8) is 0 Å². The van der Waals surface area contributed by atoms with Gasteiger partial charge in [-0.15, -0.1) is 0 Å². The first-order chi connectivity index (χ1) is 11.1. The van der Waals surface area contributed by atoms with Gasteiger partial charge in [0.05, 0.1) is 19.2 Å². The maximum Gasteiger partial charge on any atom is 0.337 e. The Bertz CT molecular complexity index is 736. The average molecular weight is 314 g/mol. The smallest absolute Gasteiger partial charge is 0.337 e. The van der Waals surface area contributed by atoms with Gasteiger partial charge in [0.2, 0.25) is 5.91 Å².